The fourth-order valence-corrected chi connectivity index (χ4v) is 1.63. The maximum absolute atomic E-state index is 10.5. The summed E-state index contributed by atoms with van der Waals surface area (Å²) in [6.07, 6.45) is 0. The van der Waals surface area contributed by atoms with E-state index in [9.17, 15) is 4.79 Å². The third-order valence-electron chi connectivity index (χ3n) is 1.91. The van der Waals surface area contributed by atoms with E-state index in [1.54, 1.807) is 12.1 Å². The number of nitrogens with one attached hydrogen (secondary N) is 1. The van der Waals surface area contributed by atoms with E-state index in [1.165, 1.54) is 6.92 Å². The Hall–Kier alpha value is -0.770. The Morgan fingerprint density at radius 3 is 2.81 bits per heavy atom. The molecule has 1 aromatic carbocycles. The Morgan fingerprint density at radius 1 is 1.44 bits per heavy atom. The van der Waals surface area contributed by atoms with Crippen LogP contribution < -0.4 is 5.32 Å². The summed E-state index contributed by atoms with van der Waals surface area (Å²) in [4.78, 5) is 10.5. The number of benzene rings is 1. The second-order valence-corrected chi connectivity index (χ2v) is 4.10. The Bertz CT molecular complexity index is 369. The molecular formula is C11H13Cl2NO2. The molecule has 0 aliphatic carbocycles. The van der Waals surface area contributed by atoms with Gasteiger partial charge in [-0.3, -0.25) is 4.79 Å². The van der Waals surface area contributed by atoms with Crippen LogP contribution in [-0.2, 0) is 16.1 Å². The molecule has 0 aliphatic rings. The van der Waals surface area contributed by atoms with Gasteiger partial charge in [-0.2, -0.15) is 0 Å². The van der Waals surface area contributed by atoms with Gasteiger partial charge in [0.1, 0.15) is 6.61 Å². The van der Waals surface area contributed by atoms with Crippen molar-refractivity contribution in [1.29, 1.82) is 0 Å². The molecule has 0 saturated carbocycles. The first-order valence-electron chi connectivity index (χ1n) is 4.87. The van der Waals surface area contributed by atoms with Gasteiger partial charge in [-0.05, 0) is 17.7 Å². The van der Waals surface area contributed by atoms with Crippen LogP contribution in [0.15, 0.2) is 18.2 Å². The van der Waals surface area contributed by atoms with Crippen molar-refractivity contribution >= 4 is 29.2 Å². The van der Waals surface area contributed by atoms with Crippen LogP contribution in [-0.4, -0.2) is 19.1 Å². The first kappa shape index (κ1) is 13.3. The summed E-state index contributed by atoms with van der Waals surface area (Å²) in [6, 6.07) is 5.35. The number of carbonyl (C=O) groups is 1. The third-order valence-corrected chi connectivity index (χ3v) is 2.50. The highest BCUT2D eigenvalue weighted by Crippen LogP contribution is 2.20. The van der Waals surface area contributed by atoms with E-state index < -0.39 is 0 Å². The Morgan fingerprint density at radius 2 is 2.19 bits per heavy atom. The molecule has 0 aliphatic heterocycles. The van der Waals surface area contributed by atoms with Crippen molar-refractivity contribution in [2.24, 2.45) is 0 Å². The summed E-state index contributed by atoms with van der Waals surface area (Å²) in [5.74, 6) is -0.272. The molecule has 1 rings (SSSR count). The van der Waals surface area contributed by atoms with Gasteiger partial charge in [-0.15, -0.1) is 0 Å². The minimum atomic E-state index is -0.272. The molecule has 0 atom stereocenters. The lowest BCUT2D eigenvalue weighted by atomic mass is 10.2. The van der Waals surface area contributed by atoms with Gasteiger partial charge in [-0.25, -0.2) is 0 Å². The van der Waals surface area contributed by atoms with Crippen LogP contribution in [0.2, 0.25) is 10.0 Å². The van der Waals surface area contributed by atoms with Gasteiger partial charge in [0.05, 0.1) is 0 Å². The first-order valence-corrected chi connectivity index (χ1v) is 5.63. The zero-order valence-electron chi connectivity index (χ0n) is 8.93. The highest BCUT2D eigenvalue weighted by Gasteiger charge is 2.00. The molecule has 0 fully saturated rings. The molecule has 0 saturated heterocycles. The molecule has 0 bridgehead atoms. The summed E-state index contributed by atoms with van der Waals surface area (Å²) >= 11 is 11.8. The van der Waals surface area contributed by atoms with Crippen LogP contribution in [0, 0.1) is 0 Å². The van der Waals surface area contributed by atoms with Crippen molar-refractivity contribution in [3.8, 4) is 0 Å². The lowest BCUT2D eigenvalue weighted by molar-refractivity contribution is -0.140. The fraction of sp³-hybridized carbons (Fsp3) is 0.364. The summed E-state index contributed by atoms with van der Waals surface area (Å²) in [5, 5.41) is 4.36. The molecule has 0 radical (unpaired) electrons. The van der Waals surface area contributed by atoms with Gasteiger partial charge in [0.2, 0.25) is 0 Å². The molecule has 0 amide bonds. The van der Waals surface area contributed by atoms with E-state index >= 15 is 0 Å². The number of carbonyl (C=O) groups excluding carboxylic acids is 1. The number of hydrogen-bond acceptors (Lipinski definition) is 3. The monoisotopic (exact) mass is 261 g/mol. The second-order valence-electron chi connectivity index (χ2n) is 3.25. The van der Waals surface area contributed by atoms with E-state index in [0.29, 0.717) is 29.7 Å². The average Bonchev–Trinajstić information content (AvgIpc) is 2.20. The number of halogens is 2. The molecule has 0 spiro atoms. The van der Waals surface area contributed by atoms with Gasteiger partial charge in [0.15, 0.2) is 0 Å². The van der Waals surface area contributed by atoms with E-state index in [1.807, 2.05) is 6.07 Å². The summed E-state index contributed by atoms with van der Waals surface area (Å²) in [5.41, 5.74) is 0.967. The molecular weight excluding hydrogens is 249 g/mol. The quantitative estimate of drug-likeness (QED) is 0.654. The van der Waals surface area contributed by atoms with Crippen molar-refractivity contribution in [2.75, 3.05) is 13.2 Å². The number of hydrogen-bond donors (Lipinski definition) is 1. The first-order chi connectivity index (χ1) is 7.59. The zero-order valence-corrected chi connectivity index (χ0v) is 10.4. The largest absolute Gasteiger partial charge is 0.465 e. The molecule has 88 valence electrons. The van der Waals surface area contributed by atoms with Crippen LogP contribution in [0.25, 0.3) is 0 Å². The molecule has 0 heterocycles. The number of rotatable bonds is 5. The SMILES string of the molecule is CC(=O)OCCNCc1ccc(Cl)cc1Cl. The van der Waals surface area contributed by atoms with Gasteiger partial charge >= 0.3 is 5.97 Å². The number of esters is 1. The van der Waals surface area contributed by atoms with Crippen LogP contribution >= 0.6 is 23.2 Å². The Balaban J connectivity index is 2.29. The smallest absolute Gasteiger partial charge is 0.302 e. The lowest BCUT2D eigenvalue weighted by Crippen LogP contribution is -2.20. The second kappa shape index (κ2) is 6.74. The predicted octanol–water partition coefficient (Wildman–Crippen LogP) is 2.65. The average molecular weight is 262 g/mol. The topological polar surface area (TPSA) is 38.3 Å². The normalized spacial score (nSPS) is 10.2. The minimum Gasteiger partial charge on any atom is -0.465 e. The van der Waals surface area contributed by atoms with Gasteiger partial charge in [-0.1, -0.05) is 29.3 Å². The van der Waals surface area contributed by atoms with Crippen molar-refractivity contribution in [3.63, 3.8) is 0 Å². The Kier molecular flexibility index (Phi) is 5.60. The molecule has 0 aromatic heterocycles. The zero-order chi connectivity index (χ0) is 12.0. The molecule has 5 heteroatoms. The molecule has 1 aromatic rings. The van der Waals surface area contributed by atoms with E-state index in [-0.39, 0.29) is 5.97 Å². The maximum atomic E-state index is 10.5. The van der Waals surface area contributed by atoms with Crippen LogP contribution in [0.5, 0.6) is 0 Å². The van der Waals surface area contributed by atoms with Crippen molar-refractivity contribution in [3.05, 3.63) is 33.8 Å². The predicted molar refractivity (Wildman–Crippen MR) is 64.8 cm³/mol. The van der Waals surface area contributed by atoms with Gasteiger partial charge < -0.3 is 10.1 Å². The van der Waals surface area contributed by atoms with Crippen molar-refractivity contribution in [1.82, 2.24) is 5.32 Å². The highest BCUT2D eigenvalue weighted by atomic mass is 35.5. The number of ether oxygens (including phenoxy) is 1. The van der Waals surface area contributed by atoms with E-state index in [2.05, 4.69) is 5.32 Å². The standard InChI is InChI=1S/C11H13Cl2NO2/c1-8(15)16-5-4-14-7-9-2-3-10(12)6-11(9)13/h2-3,6,14H,4-5,7H2,1H3. The third kappa shape index (κ3) is 4.84. The van der Waals surface area contributed by atoms with Gasteiger partial charge in [0.25, 0.3) is 0 Å². The summed E-state index contributed by atoms with van der Waals surface area (Å²) < 4.78 is 4.77. The molecule has 1 N–H and O–H groups in total. The molecule has 0 unspecified atom stereocenters. The fourth-order valence-electron chi connectivity index (χ4n) is 1.16. The van der Waals surface area contributed by atoms with E-state index in [4.69, 9.17) is 27.9 Å². The minimum absolute atomic E-state index is 0.272. The lowest BCUT2D eigenvalue weighted by Gasteiger charge is -2.07. The van der Waals surface area contributed by atoms with Crippen molar-refractivity contribution in [2.45, 2.75) is 13.5 Å². The molecule has 16 heavy (non-hydrogen) atoms. The maximum Gasteiger partial charge on any atom is 0.302 e. The Labute approximate surface area is 105 Å². The summed E-state index contributed by atoms with van der Waals surface area (Å²) in [7, 11) is 0. The molecule has 3 nitrogen and oxygen atoms in total. The van der Waals surface area contributed by atoms with Crippen LogP contribution in [0.1, 0.15) is 12.5 Å². The van der Waals surface area contributed by atoms with Gasteiger partial charge in [0, 0.05) is 30.1 Å². The summed E-state index contributed by atoms with van der Waals surface area (Å²) in [6.45, 7) is 2.96. The van der Waals surface area contributed by atoms with Crippen LogP contribution in [0.3, 0.4) is 0 Å². The van der Waals surface area contributed by atoms with E-state index in [0.717, 1.165) is 5.56 Å². The van der Waals surface area contributed by atoms with Crippen LogP contribution in [0.4, 0.5) is 0 Å². The van der Waals surface area contributed by atoms with Crippen molar-refractivity contribution < 1.29 is 9.53 Å². The highest BCUT2D eigenvalue weighted by molar-refractivity contribution is 6.35.